The molecule has 1 aromatic rings. The van der Waals surface area contributed by atoms with E-state index >= 15 is 0 Å². The fourth-order valence-corrected chi connectivity index (χ4v) is 2.21. The number of carbonyl (C=O) groups is 1. The Balaban J connectivity index is 2.01. The first kappa shape index (κ1) is 16.2. The van der Waals surface area contributed by atoms with E-state index in [1.165, 1.54) is 4.68 Å². The van der Waals surface area contributed by atoms with E-state index < -0.39 is 17.7 Å². The van der Waals surface area contributed by atoms with E-state index in [2.05, 4.69) is 10.5 Å². The van der Waals surface area contributed by atoms with Gasteiger partial charge < -0.3 is 9.84 Å². The monoisotopic (exact) mass is 306 g/mol. The van der Waals surface area contributed by atoms with Gasteiger partial charge in [0.25, 0.3) is 0 Å². The van der Waals surface area contributed by atoms with E-state index in [4.69, 9.17) is 4.74 Å². The van der Waals surface area contributed by atoms with Crippen LogP contribution in [-0.2, 0) is 4.74 Å². The molecule has 1 fully saturated rings. The van der Waals surface area contributed by atoms with Crippen LogP contribution in [0.4, 0.5) is 4.79 Å². The molecule has 0 bridgehead atoms. The molecule has 1 amide bonds. The van der Waals surface area contributed by atoms with Crippen molar-refractivity contribution in [2.24, 2.45) is 5.10 Å². The summed E-state index contributed by atoms with van der Waals surface area (Å²) in [4.78, 5) is 11.8. The van der Waals surface area contributed by atoms with Gasteiger partial charge in [-0.3, -0.25) is 5.43 Å². The number of amides is 1. The second-order valence-electron chi connectivity index (χ2n) is 6.16. The maximum atomic E-state index is 12.3. The van der Waals surface area contributed by atoms with Gasteiger partial charge in [0.2, 0.25) is 12.4 Å². The number of nitrogens with one attached hydrogen (secondary N) is 1. The Morgan fingerprint density at radius 2 is 2.05 bits per heavy atom. The lowest BCUT2D eigenvalue weighted by Crippen LogP contribution is -2.53. The normalized spacial score (nSPS) is 20.0. The van der Waals surface area contributed by atoms with Crippen molar-refractivity contribution in [2.75, 3.05) is 6.54 Å². The van der Waals surface area contributed by atoms with Gasteiger partial charge in [-0.2, -0.15) is 0 Å². The molecule has 0 aromatic carbocycles. The molecule has 1 aliphatic heterocycles. The third kappa shape index (κ3) is 4.70. The van der Waals surface area contributed by atoms with Gasteiger partial charge in [0.05, 0.1) is 11.9 Å². The molecule has 7 nitrogen and oxygen atoms in total. The summed E-state index contributed by atoms with van der Waals surface area (Å²) in [5.41, 5.74) is 2.06. The van der Waals surface area contributed by atoms with Crippen molar-refractivity contribution in [1.29, 1.82) is 0 Å². The van der Waals surface area contributed by atoms with Crippen molar-refractivity contribution >= 4 is 12.0 Å². The summed E-state index contributed by atoms with van der Waals surface area (Å²) in [5, 5.41) is 17.9. The Kier molecular flexibility index (Phi) is 4.97. The highest BCUT2D eigenvalue weighted by atomic mass is 16.6. The third-order valence-electron chi connectivity index (χ3n) is 3.09. The summed E-state index contributed by atoms with van der Waals surface area (Å²) in [6, 6.07) is 4.98. The van der Waals surface area contributed by atoms with E-state index in [1.54, 1.807) is 50.3 Å². The molecule has 0 unspecified atom stereocenters. The number of aromatic nitrogens is 1. The third-order valence-corrected chi connectivity index (χ3v) is 3.09. The summed E-state index contributed by atoms with van der Waals surface area (Å²) < 4.78 is 6.67. The Hall–Kier alpha value is -2.15. The topological polar surface area (TPSA) is 80.9 Å². The van der Waals surface area contributed by atoms with Crippen LogP contribution >= 0.6 is 0 Å². The maximum absolute atomic E-state index is 12.3. The van der Waals surface area contributed by atoms with Crippen molar-refractivity contribution in [2.45, 2.75) is 45.3 Å². The van der Waals surface area contributed by atoms with E-state index in [0.29, 0.717) is 13.0 Å². The number of carbonyl (C=O) groups excluding carboxylic acids is 1. The van der Waals surface area contributed by atoms with Crippen molar-refractivity contribution in [3.05, 3.63) is 30.6 Å². The van der Waals surface area contributed by atoms with Gasteiger partial charge in [0.1, 0.15) is 5.60 Å². The summed E-state index contributed by atoms with van der Waals surface area (Å²) in [6.45, 7) is 5.98. The van der Waals surface area contributed by atoms with Crippen LogP contribution in [0.1, 0.15) is 33.6 Å². The molecule has 1 N–H and O–H groups in total. The van der Waals surface area contributed by atoms with Crippen LogP contribution in [0, 0.1) is 0 Å². The zero-order chi connectivity index (χ0) is 16.2. The SMILES string of the molecule is CC(C)(C)OC(=O)NN1CCC[C@H]1/C([O-])=N\[n+]1ccccc1. The number of nitrogens with zero attached hydrogens (tertiary/aromatic N) is 3. The lowest BCUT2D eigenvalue weighted by atomic mass is 10.2. The van der Waals surface area contributed by atoms with Crippen LogP contribution in [0.2, 0.25) is 0 Å². The van der Waals surface area contributed by atoms with Crippen molar-refractivity contribution in [1.82, 2.24) is 10.4 Å². The molecular formula is C15H22N4O3. The molecule has 2 rings (SSSR count). The van der Waals surface area contributed by atoms with E-state index in [1.807, 2.05) is 6.07 Å². The highest BCUT2D eigenvalue weighted by Gasteiger charge is 2.29. The zero-order valence-electron chi connectivity index (χ0n) is 13.2. The standard InChI is InChI=1S/C15H22N4O3/c1-15(2,3)22-14(21)17-19-11-7-8-12(19)13(20)16-18-9-5-4-6-10-18/h4-6,9-10,12H,7-8,11H2,1-3H3,(H-,16,17,20,21)/t12-/m0/s1. The Bertz CT molecular complexity index is 539. The van der Waals surface area contributed by atoms with Crippen LogP contribution in [0.3, 0.4) is 0 Å². The molecule has 22 heavy (non-hydrogen) atoms. The molecule has 120 valence electrons. The second kappa shape index (κ2) is 6.74. The maximum Gasteiger partial charge on any atom is 0.422 e. The second-order valence-corrected chi connectivity index (χ2v) is 6.16. The van der Waals surface area contributed by atoms with Gasteiger partial charge in [-0.1, -0.05) is 10.7 Å². The van der Waals surface area contributed by atoms with Crippen molar-refractivity contribution in [3.63, 3.8) is 0 Å². The predicted molar refractivity (Wildman–Crippen MR) is 78.6 cm³/mol. The minimum atomic E-state index is -0.576. The Morgan fingerprint density at radius 3 is 2.68 bits per heavy atom. The first-order chi connectivity index (χ1) is 10.3. The number of ether oxygens (including phenoxy) is 1. The minimum Gasteiger partial charge on any atom is -0.856 e. The molecule has 1 aliphatic rings. The van der Waals surface area contributed by atoms with Crippen LogP contribution in [0.25, 0.3) is 0 Å². The first-order valence-corrected chi connectivity index (χ1v) is 7.33. The Labute approximate surface area is 130 Å². The van der Waals surface area contributed by atoms with Crippen LogP contribution in [0.15, 0.2) is 35.7 Å². The van der Waals surface area contributed by atoms with E-state index in [-0.39, 0.29) is 5.90 Å². The predicted octanol–water partition coefficient (Wildman–Crippen LogP) is 0.400. The molecule has 0 aliphatic carbocycles. The van der Waals surface area contributed by atoms with E-state index in [9.17, 15) is 9.90 Å². The molecule has 2 heterocycles. The molecule has 0 spiro atoms. The fourth-order valence-electron chi connectivity index (χ4n) is 2.21. The number of pyridine rings is 1. The average molecular weight is 306 g/mol. The molecule has 1 atom stereocenters. The highest BCUT2D eigenvalue weighted by Crippen LogP contribution is 2.15. The summed E-state index contributed by atoms with van der Waals surface area (Å²) in [6.07, 6.45) is 4.31. The van der Waals surface area contributed by atoms with Gasteiger partial charge in [-0.25, -0.2) is 9.80 Å². The van der Waals surface area contributed by atoms with E-state index in [0.717, 1.165) is 6.42 Å². The molecule has 0 radical (unpaired) electrons. The summed E-state index contributed by atoms with van der Waals surface area (Å²) >= 11 is 0. The largest absolute Gasteiger partial charge is 0.856 e. The summed E-state index contributed by atoms with van der Waals surface area (Å²) in [5.74, 6) is -0.287. The van der Waals surface area contributed by atoms with Gasteiger partial charge in [-0.05, 0) is 38.7 Å². The van der Waals surface area contributed by atoms with Gasteiger partial charge in [-0.15, -0.1) is 0 Å². The first-order valence-electron chi connectivity index (χ1n) is 7.33. The van der Waals surface area contributed by atoms with Gasteiger partial charge >= 0.3 is 6.09 Å². The van der Waals surface area contributed by atoms with Crippen LogP contribution < -0.4 is 15.2 Å². The average Bonchev–Trinajstić information content (AvgIpc) is 2.85. The smallest absolute Gasteiger partial charge is 0.422 e. The molecule has 1 aromatic heterocycles. The number of hydrogen-bond acceptors (Lipinski definition) is 5. The van der Waals surface area contributed by atoms with Crippen LogP contribution in [-0.4, -0.2) is 35.2 Å². The van der Waals surface area contributed by atoms with Gasteiger partial charge in [0, 0.05) is 18.7 Å². The number of rotatable bonds is 3. The minimum absolute atomic E-state index is 0.287. The number of hydrogen-bond donors (Lipinski definition) is 1. The molecular weight excluding hydrogens is 284 g/mol. The van der Waals surface area contributed by atoms with Gasteiger partial charge in [0.15, 0.2) is 0 Å². The van der Waals surface area contributed by atoms with Crippen molar-refractivity contribution in [3.8, 4) is 0 Å². The highest BCUT2D eigenvalue weighted by molar-refractivity contribution is 5.78. The fraction of sp³-hybridized carbons (Fsp3) is 0.533. The molecule has 0 saturated carbocycles. The number of hydrazine groups is 1. The lowest BCUT2D eigenvalue weighted by Gasteiger charge is -2.28. The Morgan fingerprint density at radius 1 is 1.36 bits per heavy atom. The quantitative estimate of drug-likeness (QED) is 0.498. The zero-order valence-corrected chi connectivity index (χ0v) is 13.2. The van der Waals surface area contributed by atoms with Crippen LogP contribution in [0.5, 0.6) is 0 Å². The van der Waals surface area contributed by atoms with Crippen molar-refractivity contribution < 1.29 is 19.3 Å². The lowest BCUT2D eigenvalue weighted by molar-refractivity contribution is -0.681. The molecule has 1 saturated heterocycles. The summed E-state index contributed by atoms with van der Waals surface area (Å²) in [7, 11) is 0. The molecule has 7 heteroatoms.